The van der Waals surface area contributed by atoms with Crippen LogP contribution < -0.4 is 0 Å². The van der Waals surface area contributed by atoms with Crippen LogP contribution in [0.1, 0.15) is 38.5 Å². The molecule has 2 amide bonds. The number of nitrogens with zero attached hydrogens (tertiary/aromatic N) is 2. The molecule has 8 nitrogen and oxygen atoms in total. The maximum Gasteiger partial charge on any atom is 0.261 e. The topological polar surface area (TPSA) is 118 Å². The van der Waals surface area contributed by atoms with Crippen molar-refractivity contribution >= 4 is 39.2 Å². The highest BCUT2D eigenvalue weighted by Gasteiger charge is 2.79. The van der Waals surface area contributed by atoms with Gasteiger partial charge >= 0.3 is 0 Å². The summed E-state index contributed by atoms with van der Waals surface area (Å²) < 4.78 is 0. The van der Waals surface area contributed by atoms with E-state index in [0.717, 1.165) is 0 Å². The van der Waals surface area contributed by atoms with E-state index >= 15 is 0 Å². The lowest BCUT2D eigenvalue weighted by Crippen LogP contribution is -2.77. The summed E-state index contributed by atoms with van der Waals surface area (Å²) in [6.07, 6.45) is -0.275. The summed E-state index contributed by atoms with van der Waals surface area (Å²) in [5.74, 6) is -1.33. The fourth-order valence-corrected chi connectivity index (χ4v) is 10.4. The lowest BCUT2D eigenvalue weighted by molar-refractivity contribution is -0.171. The summed E-state index contributed by atoms with van der Waals surface area (Å²) >= 11 is 0. The molecule has 7 aliphatic rings. The van der Waals surface area contributed by atoms with E-state index in [4.69, 9.17) is 0 Å². The molecule has 7 rings (SSSR count). The molecule has 0 aromatic carbocycles. The number of rotatable bonds is 0. The summed E-state index contributed by atoms with van der Waals surface area (Å²) in [6.45, 7) is 0. The molecule has 0 unspecified atom stereocenters. The fourth-order valence-electron chi connectivity index (χ4n) is 6.56. The Morgan fingerprint density at radius 2 is 1.36 bits per heavy atom. The lowest BCUT2D eigenvalue weighted by Gasteiger charge is -2.59. The molecule has 9 atom stereocenters. The Hall–Kier alpha value is -0.810. The van der Waals surface area contributed by atoms with Crippen molar-refractivity contribution in [2.45, 2.75) is 78.7 Å². The number of amides is 2. The third kappa shape index (κ3) is 1.81. The van der Waals surface area contributed by atoms with Crippen LogP contribution in [0.5, 0.6) is 0 Å². The molecule has 2 aliphatic carbocycles. The summed E-state index contributed by atoms with van der Waals surface area (Å²) in [5, 5.41) is 31.8. The van der Waals surface area contributed by atoms with Crippen molar-refractivity contribution < 1.29 is 29.7 Å². The molecule has 0 aromatic heterocycles. The van der Waals surface area contributed by atoms with Gasteiger partial charge in [0.2, 0.25) is 0 Å². The van der Waals surface area contributed by atoms with Crippen LogP contribution >= 0.6 is 21.6 Å². The van der Waals surface area contributed by atoms with Gasteiger partial charge in [-0.3, -0.25) is 14.4 Å². The SMILES string of the molecule is O=C1CC[C@H](O)[C@H]2[C@H]1C[C@@]13SS[C@]4(C[C@H]5[C@@H]([C@@H](O)CC[C@@H]5O)N4C1=O)C(=O)N23. The van der Waals surface area contributed by atoms with E-state index in [1.807, 2.05) is 0 Å². The zero-order valence-corrected chi connectivity index (χ0v) is 16.7. The number of carbonyl (C=O) groups is 3. The first-order chi connectivity index (χ1) is 13.3. The van der Waals surface area contributed by atoms with Gasteiger partial charge in [0.05, 0.1) is 30.4 Å². The first-order valence-corrected chi connectivity index (χ1v) is 12.1. The van der Waals surface area contributed by atoms with Crippen molar-refractivity contribution in [3.05, 3.63) is 0 Å². The molecular weight excluding hydrogens is 404 g/mol. The van der Waals surface area contributed by atoms with Gasteiger partial charge in [0, 0.05) is 24.7 Å². The van der Waals surface area contributed by atoms with Crippen LogP contribution in [-0.2, 0) is 14.4 Å². The maximum atomic E-state index is 13.8. The number of aliphatic hydroxyl groups is 3. The molecule has 10 heteroatoms. The third-order valence-corrected chi connectivity index (χ3v) is 11.4. The molecule has 5 aliphatic heterocycles. The number of hydrogen-bond acceptors (Lipinski definition) is 8. The van der Waals surface area contributed by atoms with Crippen LogP contribution in [0.2, 0.25) is 0 Å². The quantitative estimate of drug-likeness (QED) is 0.442. The Balaban J connectivity index is 1.50. The van der Waals surface area contributed by atoms with Gasteiger partial charge in [0.1, 0.15) is 5.78 Å². The van der Waals surface area contributed by atoms with Gasteiger partial charge in [-0.2, -0.15) is 0 Å². The van der Waals surface area contributed by atoms with Crippen LogP contribution in [0, 0.1) is 11.8 Å². The second-order valence-corrected chi connectivity index (χ2v) is 11.7. The third-order valence-electron chi connectivity index (χ3n) is 7.80. The minimum Gasteiger partial charge on any atom is -0.393 e. The highest BCUT2D eigenvalue weighted by atomic mass is 33.1. The van der Waals surface area contributed by atoms with E-state index in [1.165, 1.54) is 26.5 Å². The average Bonchev–Trinajstić information content (AvgIpc) is 3.22. The Morgan fingerprint density at radius 1 is 0.786 bits per heavy atom. The number of carbonyl (C=O) groups excluding carboxylic acids is 3. The van der Waals surface area contributed by atoms with Crippen LogP contribution in [0.15, 0.2) is 0 Å². The van der Waals surface area contributed by atoms with Crippen molar-refractivity contribution in [3.8, 4) is 0 Å². The number of piperazine rings is 1. The molecule has 7 fully saturated rings. The van der Waals surface area contributed by atoms with E-state index in [0.29, 0.717) is 25.7 Å². The van der Waals surface area contributed by atoms with Gasteiger partial charge in [-0.05, 0) is 25.7 Å². The molecule has 2 bridgehead atoms. The van der Waals surface area contributed by atoms with Crippen LogP contribution in [-0.4, -0.2) is 82.9 Å². The monoisotopic (exact) mass is 426 g/mol. The van der Waals surface area contributed by atoms with E-state index in [9.17, 15) is 29.7 Å². The predicted octanol–water partition coefficient (Wildman–Crippen LogP) is -0.539. The van der Waals surface area contributed by atoms with Gasteiger partial charge in [-0.25, -0.2) is 0 Å². The van der Waals surface area contributed by atoms with E-state index in [-0.39, 0.29) is 36.4 Å². The molecule has 28 heavy (non-hydrogen) atoms. The molecule has 0 aromatic rings. The van der Waals surface area contributed by atoms with Crippen molar-refractivity contribution in [3.63, 3.8) is 0 Å². The Labute approximate surface area is 169 Å². The van der Waals surface area contributed by atoms with Gasteiger partial charge in [-0.15, -0.1) is 0 Å². The smallest absolute Gasteiger partial charge is 0.261 e. The summed E-state index contributed by atoms with van der Waals surface area (Å²) in [5.41, 5.74) is 0. The van der Waals surface area contributed by atoms with Crippen molar-refractivity contribution in [1.82, 2.24) is 9.80 Å². The molecule has 0 radical (unpaired) electrons. The van der Waals surface area contributed by atoms with Crippen LogP contribution in [0.4, 0.5) is 0 Å². The fraction of sp³-hybridized carbons (Fsp3) is 0.833. The van der Waals surface area contributed by atoms with Crippen molar-refractivity contribution in [1.29, 1.82) is 0 Å². The van der Waals surface area contributed by atoms with Crippen molar-refractivity contribution in [2.75, 3.05) is 0 Å². The highest BCUT2D eigenvalue weighted by molar-refractivity contribution is 8.78. The second-order valence-electron chi connectivity index (χ2n) is 9.03. The van der Waals surface area contributed by atoms with Gasteiger partial charge in [0.15, 0.2) is 9.74 Å². The van der Waals surface area contributed by atoms with E-state index in [2.05, 4.69) is 0 Å². The minimum absolute atomic E-state index is 0.0115. The van der Waals surface area contributed by atoms with Gasteiger partial charge in [0.25, 0.3) is 11.8 Å². The number of ketones is 1. The number of aliphatic hydroxyl groups excluding tert-OH is 3. The van der Waals surface area contributed by atoms with E-state index < -0.39 is 46.1 Å². The highest BCUT2D eigenvalue weighted by Crippen LogP contribution is 2.70. The molecular formula is C18H22N2O6S2. The van der Waals surface area contributed by atoms with E-state index in [1.54, 1.807) is 4.90 Å². The normalized spacial score (nSPS) is 54.5. The minimum atomic E-state index is -1.20. The Bertz CT molecular complexity index is 809. The molecule has 2 spiro atoms. The standard InChI is InChI=1S/C18H22N2O6S2/c21-9-1-3-11(23)13-7(9)5-17-15(25)20-14-8(10(22)2-4-12(14)24)6-18(20,28-27-17)16(26)19(13)17/h7-9,11-14,21,23-24H,1-6H2/t7-,8+,9+,11+,12+,13+,14-,17-,18-/m1/s1. The summed E-state index contributed by atoms with van der Waals surface area (Å²) in [6, 6.07) is -1.22. The first kappa shape index (κ1) is 18.0. The number of Topliss-reactive ketones (excluding diaryl/α,β-unsaturated/α-hetero) is 1. The van der Waals surface area contributed by atoms with Crippen LogP contribution in [0.25, 0.3) is 0 Å². The first-order valence-electron chi connectivity index (χ1n) is 9.93. The second kappa shape index (κ2) is 5.46. The van der Waals surface area contributed by atoms with Gasteiger partial charge < -0.3 is 25.1 Å². The molecule has 2 saturated carbocycles. The Morgan fingerprint density at radius 3 is 2.07 bits per heavy atom. The predicted molar refractivity (Wildman–Crippen MR) is 99.6 cm³/mol. The average molecular weight is 427 g/mol. The molecule has 152 valence electrons. The number of hydrogen-bond donors (Lipinski definition) is 3. The van der Waals surface area contributed by atoms with Gasteiger partial charge in [-0.1, -0.05) is 21.6 Å². The molecule has 5 heterocycles. The summed E-state index contributed by atoms with van der Waals surface area (Å²) in [4.78, 5) is 40.8. The zero-order valence-electron chi connectivity index (χ0n) is 15.1. The molecule has 5 saturated heterocycles. The van der Waals surface area contributed by atoms with Crippen LogP contribution in [0.3, 0.4) is 0 Å². The lowest BCUT2D eigenvalue weighted by atomic mass is 9.80. The summed E-state index contributed by atoms with van der Waals surface area (Å²) in [7, 11) is 2.68. The van der Waals surface area contributed by atoms with Crippen molar-refractivity contribution in [2.24, 2.45) is 11.8 Å². The maximum absolute atomic E-state index is 13.8. The Kier molecular flexibility index (Phi) is 3.51. The molecule has 3 N–H and O–H groups in total. The largest absolute Gasteiger partial charge is 0.393 e. The zero-order chi connectivity index (χ0) is 19.6. The number of fused-ring (bicyclic) bond motifs is 3.